The van der Waals surface area contributed by atoms with Crippen molar-refractivity contribution < 1.29 is 14.3 Å². The van der Waals surface area contributed by atoms with Gasteiger partial charge in [0.2, 0.25) is 5.91 Å². The Morgan fingerprint density at radius 3 is 2.54 bits per heavy atom. The molecule has 5 heteroatoms. The van der Waals surface area contributed by atoms with Crippen LogP contribution in [-0.2, 0) is 4.79 Å². The van der Waals surface area contributed by atoms with E-state index in [9.17, 15) is 14.3 Å². The summed E-state index contributed by atoms with van der Waals surface area (Å²) >= 11 is 0. The Morgan fingerprint density at radius 2 is 1.88 bits per heavy atom. The van der Waals surface area contributed by atoms with E-state index in [1.807, 2.05) is 12.1 Å². The van der Waals surface area contributed by atoms with Crippen LogP contribution in [0, 0.1) is 11.7 Å². The van der Waals surface area contributed by atoms with Gasteiger partial charge in [-0.15, -0.1) is 0 Å². The summed E-state index contributed by atoms with van der Waals surface area (Å²) in [4.78, 5) is 14.7. The predicted octanol–water partition coefficient (Wildman–Crippen LogP) is 2.63. The van der Waals surface area contributed by atoms with Crippen LogP contribution in [0.2, 0.25) is 0 Å². The van der Waals surface area contributed by atoms with Crippen LogP contribution in [0.1, 0.15) is 50.1 Å². The second-order valence-corrected chi connectivity index (χ2v) is 7.03. The number of benzene rings is 1. The highest BCUT2D eigenvalue weighted by molar-refractivity contribution is 5.78. The van der Waals surface area contributed by atoms with Crippen molar-refractivity contribution in [2.24, 2.45) is 5.92 Å². The minimum absolute atomic E-state index is 0.0201. The molecule has 1 heterocycles. The summed E-state index contributed by atoms with van der Waals surface area (Å²) < 4.78 is 14.2. The van der Waals surface area contributed by atoms with Gasteiger partial charge < -0.3 is 10.4 Å². The number of hydrogen-bond acceptors (Lipinski definition) is 3. The zero-order valence-electron chi connectivity index (χ0n) is 14.1. The number of halogens is 1. The Balaban J connectivity index is 1.64. The zero-order chi connectivity index (χ0) is 16.9. The lowest BCUT2D eigenvalue weighted by molar-refractivity contribution is -0.126. The molecule has 1 saturated heterocycles. The van der Waals surface area contributed by atoms with Gasteiger partial charge in [0, 0.05) is 18.0 Å². The molecule has 132 valence electrons. The summed E-state index contributed by atoms with van der Waals surface area (Å²) in [7, 11) is 0. The average Bonchev–Trinajstić information content (AvgIpc) is 3.11. The first-order valence-electron chi connectivity index (χ1n) is 9.09. The lowest BCUT2D eigenvalue weighted by Gasteiger charge is -2.30. The fourth-order valence-electron chi connectivity index (χ4n) is 3.91. The molecule has 1 unspecified atom stereocenters. The molecule has 1 aromatic rings. The standard InChI is InChI=1S/C19H27FN2O2/c20-17-6-2-1-5-16(17)18(22-11-3-4-12-22)13-21-19(24)14-7-9-15(23)10-8-14/h1-2,5-6,14-15,18,23H,3-4,7-13H2,(H,21,24). The van der Waals surface area contributed by atoms with Gasteiger partial charge in [0.05, 0.1) is 12.1 Å². The first-order chi connectivity index (χ1) is 11.6. The van der Waals surface area contributed by atoms with E-state index in [4.69, 9.17) is 0 Å². The van der Waals surface area contributed by atoms with E-state index in [0.29, 0.717) is 24.9 Å². The van der Waals surface area contributed by atoms with Crippen molar-refractivity contribution in [3.05, 3.63) is 35.6 Å². The van der Waals surface area contributed by atoms with Crippen LogP contribution in [0.15, 0.2) is 24.3 Å². The molecule has 1 atom stereocenters. The molecular formula is C19H27FN2O2. The van der Waals surface area contributed by atoms with Crippen LogP contribution < -0.4 is 5.32 Å². The van der Waals surface area contributed by atoms with Gasteiger partial charge in [0.25, 0.3) is 0 Å². The van der Waals surface area contributed by atoms with Crippen molar-refractivity contribution in [2.75, 3.05) is 19.6 Å². The van der Waals surface area contributed by atoms with E-state index in [1.165, 1.54) is 6.07 Å². The van der Waals surface area contributed by atoms with E-state index in [-0.39, 0.29) is 29.8 Å². The molecular weight excluding hydrogens is 307 g/mol. The maximum atomic E-state index is 14.2. The van der Waals surface area contributed by atoms with E-state index >= 15 is 0 Å². The fraction of sp³-hybridized carbons (Fsp3) is 0.632. The minimum atomic E-state index is -0.259. The first-order valence-corrected chi connectivity index (χ1v) is 9.09. The average molecular weight is 334 g/mol. The number of carbonyl (C=O) groups excluding carboxylic acids is 1. The lowest BCUT2D eigenvalue weighted by Crippen LogP contribution is -2.40. The third-order valence-electron chi connectivity index (χ3n) is 5.38. The Kier molecular flexibility index (Phi) is 5.85. The van der Waals surface area contributed by atoms with Crippen LogP contribution in [0.3, 0.4) is 0 Å². The summed E-state index contributed by atoms with van der Waals surface area (Å²) in [6.07, 6.45) is 4.85. The van der Waals surface area contributed by atoms with Crippen LogP contribution in [0.5, 0.6) is 0 Å². The molecule has 1 saturated carbocycles. The monoisotopic (exact) mass is 334 g/mol. The van der Waals surface area contributed by atoms with E-state index in [2.05, 4.69) is 10.2 Å². The number of carbonyl (C=O) groups is 1. The molecule has 2 N–H and O–H groups in total. The smallest absolute Gasteiger partial charge is 0.223 e. The number of likely N-dealkylation sites (tertiary alicyclic amines) is 1. The van der Waals surface area contributed by atoms with Crippen molar-refractivity contribution in [1.29, 1.82) is 0 Å². The highest BCUT2D eigenvalue weighted by Crippen LogP contribution is 2.28. The molecule has 1 aliphatic carbocycles. The third-order valence-corrected chi connectivity index (χ3v) is 5.38. The normalized spacial score (nSPS) is 26.2. The Morgan fingerprint density at radius 1 is 1.21 bits per heavy atom. The van der Waals surface area contributed by atoms with Gasteiger partial charge in [0.15, 0.2) is 0 Å². The molecule has 0 radical (unpaired) electrons. The summed E-state index contributed by atoms with van der Waals surface area (Å²) in [6, 6.07) is 6.76. The summed E-state index contributed by atoms with van der Waals surface area (Å²) in [5.41, 5.74) is 0.666. The number of aliphatic hydroxyl groups is 1. The molecule has 24 heavy (non-hydrogen) atoms. The highest BCUT2D eigenvalue weighted by atomic mass is 19.1. The van der Waals surface area contributed by atoms with Crippen LogP contribution in [-0.4, -0.2) is 41.7 Å². The topological polar surface area (TPSA) is 52.6 Å². The highest BCUT2D eigenvalue weighted by Gasteiger charge is 2.29. The molecule has 4 nitrogen and oxygen atoms in total. The van der Waals surface area contributed by atoms with Gasteiger partial charge in [0.1, 0.15) is 5.82 Å². The zero-order valence-corrected chi connectivity index (χ0v) is 14.1. The van der Waals surface area contributed by atoms with E-state index < -0.39 is 0 Å². The van der Waals surface area contributed by atoms with Gasteiger partial charge >= 0.3 is 0 Å². The van der Waals surface area contributed by atoms with Crippen molar-refractivity contribution in [3.8, 4) is 0 Å². The number of rotatable bonds is 5. The molecule has 0 spiro atoms. The molecule has 0 aromatic heterocycles. The second-order valence-electron chi connectivity index (χ2n) is 7.03. The fourth-order valence-corrected chi connectivity index (χ4v) is 3.91. The van der Waals surface area contributed by atoms with E-state index in [1.54, 1.807) is 6.07 Å². The SMILES string of the molecule is O=C(NCC(c1ccccc1F)N1CCCC1)C1CCC(O)CC1. The molecule has 1 aliphatic heterocycles. The Bertz CT molecular complexity index is 552. The summed E-state index contributed by atoms with van der Waals surface area (Å²) in [5.74, 6) is -0.180. The Labute approximate surface area is 143 Å². The van der Waals surface area contributed by atoms with Crippen molar-refractivity contribution >= 4 is 5.91 Å². The lowest BCUT2D eigenvalue weighted by atomic mass is 9.87. The second kappa shape index (κ2) is 8.08. The number of hydrogen-bond donors (Lipinski definition) is 2. The summed E-state index contributed by atoms with van der Waals surface area (Å²) in [5, 5.41) is 12.6. The van der Waals surface area contributed by atoms with Crippen molar-refractivity contribution in [1.82, 2.24) is 10.2 Å². The number of amides is 1. The van der Waals surface area contributed by atoms with Crippen molar-refractivity contribution in [3.63, 3.8) is 0 Å². The van der Waals surface area contributed by atoms with Gasteiger partial charge in [-0.25, -0.2) is 4.39 Å². The molecule has 2 aliphatic rings. The van der Waals surface area contributed by atoms with Gasteiger partial charge in [-0.05, 0) is 57.7 Å². The van der Waals surface area contributed by atoms with Gasteiger partial charge in [-0.2, -0.15) is 0 Å². The number of nitrogens with one attached hydrogen (secondary N) is 1. The van der Waals surface area contributed by atoms with Crippen LogP contribution in [0.4, 0.5) is 4.39 Å². The molecule has 0 bridgehead atoms. The van der Waals surface area contributed by atoms with Crippen LogP contribution >= 0.6 is 0 Å². The maximum Gasteiger partial charge on any atom is 0.223 e. The predicted molar refractivity (Wildman–Crippen MR) is 90.9 cm³/mol. The molecule has 1 amide bonds. The van der Waals surface area contributed by atoms with Gasteiger partial charge in [-0.1, -0.05) is 18.2 Å². The minimum Gasteiger partial charge on any atom is -0.393 e. The summed E-state index contributed by atoms with van der Waals surface area (Å²) in [6.45, 7) is 2.34. The quantitative estimate of drug-likeness (QED) is 0.870. The molecule has 2 fully saturated rings. The number of nitrogens with zero attached hydrogens (tertiary/aromatic N) is 1. The van der Waals surface area contributed by atoms with Crippen LogP contribution in [0.25, 0.3) is 0 Å². The molecule has 1 aromatic carbocycles. The maximum absolute atomic E-state index is 14.2. The first kappa shape index (κ1) is 17.4. The van der Waals surface area contributed by atoms with Gasteiger partial charge in [-0.3, -0.25) is 9.69 Å². The Hall–Kier alpha value is -1.46. The molecule has 3 rings (SSSR count). The largest absolute Gasteiger partial charge is 0.393 e. The van der Waals surface area contributed by atoms with E-state index in [0.717, 1.165) is 38.8 Å². The van der Waals surface area contributed by atoms with Crippen molar-refractivity contribution in [2.45, 2.75) is 50.7 Å². The third kappa shape index (κ3) is 4.14. The number of aliphatic hydroxyl groups excluding tert-OH is 1.